The van der Waals surface area contributed by atoms with E-state index in [2.05, 4.69) is 5.92 Å². The Balaban J connectivity index is 2.95. The first-order valence-corrected chi connectivity index (χ1v) is 5.15. The lowest BCUT2D eigenvalue weighted by molar-refractivity contribution is 0.183. The minimum absolute atomic E-state index is 0.289. The van der Waals surface area contributed by atoms with E-state index >= 15 is 0 Å². The molecule has 0 aliphatic carbocycles. The van der Waals surface area contributed by atoms with E-state index in [-0.39, 0.29) is 6.42 Å². The molecule has 3 heteroatoms. The van der Waals surface area contributed by atoms with Gasteiger partial charge in [0.15, 0.2) is 11.5 Å². The highest BCUT2D eigenvalue weighted by Crippen LogP contribution is 2.30. The van der Waals surface area contributed by atoms with Crippen molar-refractivity contribution in [1.29, 1.82) is 0 Å². The summed E-state index contributed by atoms with van der Waals surface area (Å²) < 4.78 is 10.6. The van der Waals surface area contributed by atoms with Crippen molar-refractivity contribution in [3.05, 3.63) is 23.8 Å². The van der Waals surface area contributed by atoms with Crippen molar-refractivity contribution in [2.45, 2.75) is 19.4 Å². The minimum atomic E-state index is -0.658. The molecule has 1 atom stereocenters. The maximum absolute atomic E-state index is 9.72. The Morgan fingerprint density at radius 2 is 2.19 bits per heavy atom. The summed E-state index contributed by atoms with van der Waals surface area (Å²) in [6.07, 6.45) is 4.78. The fourth-order valence-electron chi connectivity index (χ4n) is 1.40. The van der Waals surface area contributed by atoms with Gasteiger partial charge in [-0.15, -0.1) is 12.3 Å². The Hall–Kier alpha value is -1.66. The lowest BCUT2D eigenvalue weighted by Crippen LogP contribution is -1.99. The van der Waals surface area contributed by atoms with Crippen LogP contribution in [0.3, 0.4) is 0 Å². The summed E-state index contributed by atoms with van der Waals surface area (Å²) >= 11 is 0. The van der Waals surface area contributed by atoms with Crippen LogP contribution in [0.15, 0.2) is 18.2 Å². The number of aliphatic hydroxyl groups is 1. The first-order chi connectivity index (χ1) is 7.72. The molecule has 1 aromatic carbocycles. The highest BCUT2D eigenvalue weighted by Gasteiger charge is 2.10. The van der Waals surface area contributed by atoms with Gasteiger partial charge in [0.1, 0.15) is 0 Å². The van der Waals surface area contributed by atoms with E-state index in [1.807, 2.05) is 6.92 Å². The Morgan fingerprint density at radius 3 is 2.75 bits per heavy atom. The molecule has 0 spiro atoms. The molecule has 0 heterocycles. The molecular formula is C13H16O3. The van der Waals surface area contributed by atoms with E-state index in [0.717, 1.165) is 5.56 Å². The Labute approximate surface area is 96.0 Å². The van der Waals surface area contributed by atoms with Gasteiger partial charge in [0, 0.05) is 6.42 Å². The van der Waals surface area contributed by atoms with Gasteiger partial charge >= 0.3 is 0 Å². The normalized spacial score (nSPS) is 11.6. The predicted molar refractivity (Wildman–Crippen MR) is 62.6 cm³/mol. The molecule has 0 radical (unpaired) electrons. The standard InChI is InChI=1S/C13H16O3/c1-4-6-11(14)10-7-8-12(16-5-2)13(9-10)15-3/h1,7-9,11,14H,5-6H2,2-3H3. The topological polar surface area (TPSA) is 38.7 Å². The first kappa shape index (κ1) is 12.4. The summed E-state index contributed by atoms with van der Waals surface area (Å²) in [4.78, 5) is 0. The molecule has 1 unspecified atom stereocenters. The summed E-state index contributed by atoms with van der Waals surface area (Å²) in [5.41, 5.74) is 0.734. The Kier molecular flexibility index (Phi) is 4.68. The van der Waals surface area contributed by atoms with Crippen molar-refractivity contribution in [3.8, 4) is 23.8 Å². The van der Waals surface area contributed by atoms with Crippen LogP contribution in [0, 0.1) is 12.3 Å². The predicted octanol–water partition coefficient (Wildman–Crippen LogP) is 2.15. The van der Waals surface area contributed by atoms with Crippen LogP contribution in [-0.4, -0.2) is 18.8 Å². The maximum Gasteiger partial charge on any atom is 0.161 e. The average Bonchev–Trinajstić information content (AvgIpc) is 2.30. The van der Waals surface area contributed by atoms with E-state index in [9.17, 15) is 5.11 Å². The van der Waals surface area contributed by atoms with Gasteiger partial charge in [0.2, 0.25) is 0 Å². The van der Waals surface area contributed by atoms with E-state index in [1.165, 1.54) is 0 Å². The number of rotatable bonds is 5. The molecular weight excluding hydrogens is 204 g/mol. The number of hydrogen-bond acceptors (Lipinski definition) is 3. The van der Waals surface area contributed by atoms with E-state index in [0.29, 0.717) is 18.1 Å². The van der Waals surface area contributed by atoms with Crippen molar-refractivity contribution in [2.75, 3.05) is 13.7 Å². The van der Waals surface area contributed by atoms with Gasteiger partial charge in [0.05, 0.1) is 19.8 Å². The number of benzene rings is 1. The largest absolute Gasteiger partial charge is 0.493 e. The third kappa shape index (κ3) is 2.91. The second-order valence-electron chi connectivity index (χ2n) is 3.27. The van der Waals surface area contributed by atoms with Crippen molar-refractivity contribution >= 4 is 0 Å². The van der Waals surface area contributed by atoms with Crippen molar-refractivity contribution in [1.82, 2.24) is 0 Å². The molecule has 0 fully saturated rings. The zero-order valence-corrected chi connectivity index (χ0v) is 9.56. The third-order valence-corrected chi connectivity index (χ3v) is 2.18. The molecule has 0 aliphatic rings. The number of terminal acetylenes is 1. The van der Waals surface area contributed by atoms with E-state index in [4.69, 9.17) is 15.9 Å². The van der Waals surface area contributed by atoms with Gasteiger partial charge in [-0.05, 0) is 24.6 Å². The monoisotopic (exact) mass is 220 g/mol. The highest BCUT2D eigenvalue weighted by atomic mass is 16.5. The summed E-state index contributed by atoms with van der Waals surface area (Å²) in [6, 6.07) is 5.31. The maximum atomic E-state index is 9.72. The molecule has 0 saturated carbocycles. The first-order valence-electron chi connectivity index (χ1n) is 5.15. The number of hydrogen-bond donors (Lipinski definition) is 1. The van der Waals surface area contributed by atoms with Crippen LogP contribution in [0.4, 0.5) is 0 Å². The molecule has 0 bridgehead atoms. The van der Waals surface area contributed by atoms with Crippen molar-refractivity contribution < 1.29 is 14.6 Å². The van der Waals surface area contributed by atoms with E-state index in [1.54, 1.807) is 25.3 Å². The van der Waals surface area contributed by atoms with Crippen molar-refractivity contribution in [2.24, 2.45) is 0 Å². The molecule has 0 aromatic heterocycles. The second-order valence-corrected chi connectivity index (χ2v) is 3.27. The van der Waals surface area contributed by atoms with Gasteiger partial charge in [-0.25, -0.2) is 0 Å². The molecule has 1 rings (SSSR count). The van der Waals surface area contributed by atoms with Crippen LogP contribution in [-0.2, 0) is 0 Å². The second kappa shape index (κ2) is 6.04. The number of ether oxygens (including phenoxy) is 2. The molecule has 3 nitrogen and oxygen atoms in total. The summed E-state index contributed by atoms with van der Waals surface area (Å²) in [5, 5.41) is 9.72. The van der Waals surface area contributed by atoms with Crippen LogP contribution >= 0.6 is 0 Å². The molecule has 1 aromatic rings. The fraction of sp³-hybridized carbons (Fsp3) is 0.385. The molecule has 86 valence electrons. The van der Waals surface area contributed by atoms with Crippen molar-refractivity contribution in [3.63, 3.8) is 0 Å². The van der Waals surface area contributed by atoms with Crippen LogP contribution < -0.4 is 9.47 Å². The summed E-state index contributed by atoms with van der Waals surface area (Å²) in [7, 11) is 1.56. The van der Waals surface area contributed by atoms with Gasteiger partial charge in [-0.1, -0.05) is 6.07 Å². The highest BCUT2D eigenvalue weighted by molar-refractivity contribution is 5.43. The van der Waals surface area contributed by atoms with Crippen LogP contribution in [0.5, 0.6) is 11.5 Å². The smallest absolute Gasteiger partial charge is 0.161 e. The zero-order chi connectivity index (χ0) is 12.0. The van der Waals surface area contributed by atoms with Gasteiger partial charge in [-0.3, -0.25) is 0 Å². The SMILES string of the molecule is C#CCC(O)c1ccc(OCC)c(OC)c1. The fourth-order valence-corrected chi connectivity index (χ4v) is 1.40. The van der Waals surface area contributed by atoms with Crippen LogP contribution in [0.2, 0.25) is 0 Å². The Bertz CT molecular complexity index is 379. The Morgan fingerprint density at radius 1 is 1.44 bits per heavy atom. The average molecular weight is 220 g/mol. The lowest BCUT2D eigenvalue weighted by Gasteiger charge is -2.13. The summed E-state index contributed by atoms with van der Waals surface area (Å²) in [5.74, 6) is 3.70. The zero-order valence-electron chi connectivity index (χ0n) is 9.56. The van der Waals surface area contributed by atoms with Crippen LogP contribution in [0.1, 0.15) is 25.0 Å². The number of aliphatic hydroxyl groups excluding tert-OH is 1. The quantitative estimate of drug-likeness (QED) is 0.773. The third-order valence-electron chi connectivity index (χ3n) is 2.18. The lowest BCUT2D eigenvalue weighted by atomic mass is 10.1. The van der Waals surface area contributed by atoms with Gasteiger partial charge in [0.25, 0.3) is 0 Å². The molecule has 1 N–H and O–H groups in total. The minimum Gasteiger partial charge on any atom is -0.493 e. The van der Waals surface area contributed by atoms with Crippen LogP contribution in [0.25, 0.3) is 0 Å². The molecule has 16 heavy (non-hydrogen) atoms. The molecule has 0 saturated heterocycles. The van der Waals surface area contributed by atoms with E-state index < -0.39 is 6.10 Å². The molecule has 0 amide bonds. The van der Waals surface area contributed by atoms with Gasteiger partial charge < -0.3 is 14.6 Å². The molecule has 0 aliphatic heterocycles. The van der Waals surface area contributed by atoms with Gasteiger partial charge in [-0.2, -0.15) is 0 Å². The number of methoxy groups -OCH3 is 1. The summed E-state index contributed by atoms with van der Waals surface area (Å²) in [6.45, 7) is 2.48.